The normalized spacial score (nSPS) is 28.4. The maximum absolute atomic E-state index is 10.6. The summed E-state index contributed by atoms with van der Waals surface area (Å²) >= 11 is 0. The Labute approximate surface area is 140 Å². The second kappa shape index (κ2) is 7.16. The van der Waals surface area contributed by atoms with Crippen molar-refractivity contribution in [2.24, 2.45) is 5.41 Å². The monoisotopic (exact) mass is 314 g/mol. The lowest BCUT2D eigenvalue weighted by Crippen LogP contribution is -2.54. The van der Waals surface area contributed by atoms with Crippen molar-refractivity contribution >= 4 is 0 Å². The Bertz CT molecular complexity index is 542. The minimum absolute atomic E-state index is 0.226. The lowest BCUT2D eigenvalue weighted by Gasteiger charge is -2.47. The van der Waals surface area contributed by atoms with Crippen molar-refractivity contribution in [3.05, 3.63) is 47.5 Å². The number of benzene rings is 1. The van der Waals surface area contributed by atoms with Crippen LogP contribution in [-0.4, -0.2) is 48.3 Å². The van der Waals surface area contributed by atoms with E-state index in [9.17, 15) is 5.11 Å². The van der Waals surface area contributed by atoms with Crippen LogP contribution in [0.4, 0.5) is 0 Å². The smallest absolute Gasteiger partial charge is 0.0917 e. The average Bonchev–Trinajstić information content (AvgIpc) is 2.55. The Kier molecular flexibility index (Phi) is 5.20. The zero-order valence-corrected chi connectivity index (χ0v) is 14.5. The van der Waals surface area contributed by atoms with Crippen molar-refractivity contribution in [1.29, 1.82) is 0 Å². The molecule has 0 amide bonds. The molecule has 0 aromatic heterocycles. The Morgan fingerprint density at radius 2 is 1.96 bits per heavy atom. The van der Waals surface area contributed by atoms with Crippen LogP contribution in [-0.2, 0) is 0 Å². The van der Waals surface area contributed by atoms with E-state index in [2.05, 4.69) is 29.8 Å². The number of hydrogen-bond donors (Lipinski definition) is 1. The van der Waals surface area contributed by atoms with Gasteiger partial charge in [0.15, 0.2) is 0 Å². The third kappa shape index (κ3) is 4.03. The molecule has 1 saturated heterocycles. The topological polar surface area (TPSA) is 26.7 Å². The van der Waals surface area contributed by atoms with Gasteiger partial charge in [-0.3, -0.25) is 9.80 Å². The molecule has 1 fully saturated rings. The molecule has 1 heterocycles. The molecule has 23 heavy (non-hydrogen) atoms. The Morgan fingerprint density at radius 3 is 2.65 bits per heavy atom. The van der Waals surface area contributed by atoms with Crippen molar-refractivity contribution in [1.82, 2.24) is 9.80 Å². The minimum atomic E-state index is -0.410. The zero-order chi connectivity index (χ0) is 16.3. The second-order valence-corrected chi connectivity index (χ2v) is 7.63. The van der Waals surface area contributed by atoms with Crippen molar-refractivity contribution in [2.45, 2.75) is 38.7 Å². The van der Waals surface area contributed by atoms with Gasteiger partial charge in [0.05, 0.1) is 12.8 Å². The Balaban J connectivity index is 1.69. The van der Waals surface area contributed by atoms with Crippen LogP contribution < -0.4 is 0 Å². The van der Waals surface area contributed by atoms with E-state index in [4.69, 9.17) is 0 Å². The molecule has 1 aromatic rings. The third-order valence-corrected chi connectivity index (χ3v) is 5.31. The highest BCUT2D eigenvalue weighted by molar-refractivity contribution is 5.20. The van der Waals surface area contributed by atoms with E-state index in [0.29, 0.717) is 6.54 Å². The van der Waals surface area contributed by atoms with Crippen LogP contribution in [0.3, 0.4) is 0 Å². The van der Waals surface area contributed by atoms with Gasteiger partial charge in [0.1, 0.15) is 0 Å². The summed E-state index contributed by atoms with van der Waals surface area (Å²) in [5, 5.41) is 10.6. The van der Waals surface area contributed by atoms with Crippen molar-refractivity contribution < 1.29 is 5.11 Å². The van der Waals surface area contributed by atoms with Gasteiger partial charge in [-0.05, 0) is 38.3 Å². The van der Waals surface area contributed by atoms with Crippen LogP contribution in [0.15, 0.2) is 42.0 Å². The molecule has 3 nitrogen and oxygen atoms in total. The second-order valence-electron chi connectivity index (χ2n) is 7.63. The number of rotatable bonds is 4. The van der Waals surface area contributed by atoms with Crippen molar-refractivity contribution in [3.8, 4) is 0 Å². The molecule has 1 aliphatic carbocycles. The molecule has 3 heteroatoms. The highest BCUT2D eigenvalue weighted by Gasteiger charge is 2.37. The van der Waals surface area contributed by atoms with Crippen LogP contribution in [0.25, 0.3) is 0 Å². The molecule has 1 N–H and O–H groups in total. The molecular formula is C20H30N2O. The first-order valence-electron chi connectivity index (χ1n) is 8.90. The van der Waals surface area contributed by atoms with E-state index in [-0.39, 0.29) is 5.41 Å². The van der Waals surface area contributed by atoms with Gasteiger partial charge < -0.3 is 5.11 Å². The molecule has 1 aliphatic heterocycles. The van der Waals surface area contributed by atoms with Crippen LogP contribution in [0.5, 0.6) is 0 Å². The molecule has 0 saturated carbocycles. The highest BCUT2D eigenvalue weighted by Crippen LogP contribution is 2.38. The first-order chi connectivity index (χ1) is 11.1. The fourth-order valence-corrected chi connectivity index (χ4v) is 4.32. The van der Waals surface area contributed by atoms with E-state index in [1.165, 1.54) is 25.7 Å². The molecule has 0 bridgehead atoms. The quantitative estimate of drug-likeness (QED) is 0.863. The van der Waals surface area contributed by atoms with Gasteiger partial charge in [-0.15, -0.1) is 0 Å². The first kappa shape index (κ1) is 16.7. The first-order valence-corrected chi connectivity index (χ1v) is 8.90. The molecule has 2 unspecified atom stereocenters. The van der Waals surface area contributed by atoms with Gasteiger partial charge in [0.2, 0.25) is 0 Å². The van der Waals surface area contributed by atoms with Gasteiger partial charge >= 0.3 is 0 Å². The molecular weight excluding hydrogens is 284 g/mol. The summed E-state index contributed by atoms with van der Waals surface area (Å²) in [7, 11) is 2.20. The molecule has 1 aromatic carbocycles. The lowest BCUT2D eigenvalue weighted by molar-refractivity contribution is 0.00243. The summed E-state index contributed by atoms with van der Waals surface area (Å²) < 4.78 is 0. The minimum Gasteiger partial charge on any atom is -0.387 e. The van der Waals surface area contributed by atoms with E-state index in [0.717, 1.165) is 25.3 Å². The van der Waals surface area contributed by atoms with Crippen LogP contribution in [0.2, 0.25) is 0 Å². The van der Waals surface area contributed by atoms with Crippen molar-refractivity contribution in [3.63, 3.8) is 0 Å². The molecule has 2 atom stereocenters. The summed E-state index contributed by atoms with van der Waals surface area (Å²) in [6.07, 6.45) is 7.23. The maximum atomic E-state index is 10.6. The number of hydrogen-bond acceptors (Lipinski definition) is 3. The van der Waals surface area contributed by atoms with Crippen LogP contribution in [0.1, 0.15) is 44.3 Å². The molecule has 126 valence electrons. The van der Waals surface area contributed by atoms with Gasteiger partial charge in [0, 0.05) is 25.0 Å². The van der Waals surface area contributed by atoms with Crippen LogP contribution in [0, 0.1) is 5.41 Å². The fourth-order valence-electron chi connectivity index (χ4n) is 4.32. The van der Waals surface area contributed by atoms with E-state index < -0.39 is 6.10 Å². The molecule has 2 aliphatic rings. The largest absolute Gasteiger partial charge is 0.387 e. The molecule has 3 rings (SSSR count). The number of β-amino-alcohol motifs (C(OH)–C–C–N with tert-alkyl or cyclic N) is 1. The van der Waals surface area contributed by atoms with Gasteiger partial charge in [-0.25, -0.2) is 0 Å². The van der Waals surface area contributed by atoms with E-state index >= 15 is 0 Å². The standard InChI is InChI=1S/C20H30N2O/c1-20(18-11-7-4-8-12-18)14-21(2)16-22(15-20)13-19(23)17-9-5-3-6-10-17/h3,5-6,9-11,19,23H,4,7-8,12-16H2,1-2H3. The predicted octanol–water partition coefficient (Wildman–Crippen LogP) is 3.43. The maximum Gasteiger partial charge on any atom is 0.0917 e. The number of aliphatic hydroxyl groups excluding tert-OH is 1. The SMILES string of the molecule is CN1CN(CC(O)c2ccccc2)CC(C)(C2=CCCCC2)C1. The summed E-state index contributed by atoms with van der Waals surface area (Å²) in [4.78, 5) is 4.81. The average molecular weight is 314 g/mol. The van der Waals surface area contributed by atoms with Crippen LogP contribution >= 0.6 is 0 Å². The number of allylic oxidation sites excluding steroid dienone is 1. The summed E-state index contributed by atoms with van der Waals surface area (Å²) in [6.45, 7) is 6.22. The van der Waals surface area contributed by atoms with Gasteiger partial charge in [-0.2, -0.15) is 0 Å². The Hall–Kier alpha value is -1.16. The molecule has 0 spiro atoms. The molecule has 0 radical (unpaired) electrons. The summed E-state index contributed by atoms with van der Waals surface area (Å²) in [5.74, 6) is 0. The Morgan fingerprint density at radius 1 is 1.17 bits per heavy atom. The third-order valence-electron chi connectivity index (χ3n) is 5.31. The zero-order valence-electron chi connectivity index (χ0n) is 14.5. The summed E-state index contributed by atoms with van der Waals surface area (Å²) in [5.41, 5.74) is 2.87. The van der Waals surface area contributed by atoms with Crippen molar-refractivity contribution in [2.75, 3.05) is 33.4 Å². The van der Waals surface area contributed by atoms with E-state index in [1.54, 1.807) is 5.57 Å². The fraction of sp³-hybridized carbons (Fsp3) is 0.600. The van der Waals surface area contributed by atoms with E-state index in [1.807, 2.05) is 30.3 Å². The van der Waals surface area contributed by atoms with Gasteiger partial charge in [0.25, 0.3) is 0 Å². The lowest BCUT2D eigenvalue weighted by atomic mass is 9.75. The summed E-state index contributed by atoms with van der Waals surface area (Å²) in [6, 6.07) is 10.0. The predicted molar refractivity (Wildman–Crippen MR) is 95.1 cm³/mol. The highest BCUT2D eigenvalue weighted by atomic mass is 16.3. The number of nitrogens with zero attached hydrogens (tertiary/aromatic N) is 2. The van der Waals surface area contributed by atoms with Gasteiger partial charge in [-0.1, -0.05) is 48.9 Å². The number of aliphatic hydroxyl groups is 1.